The van der Waals surface area contributed by atoms with E-state index in [-0.39, 0.29) is 17.1 Å². The second-order valence-electron chi connectivity index (χ2n) is 6.25. The Kier molecular flexibility index (Phi) is 4.03. The van der Waals surface area contributed by atoms with Gasteiger partial charge in [-0.25, -0.2) is 0 Å². The molecule has 0 saturated heterocycles. The first kappa shape index (κ1) is 15.1. The highest BCUT2D eigenvalue weighted by Crippen LogP contribution is 2.27. The zero-order valence-electron chi connectivity index (χ0n) is 12.9. The van der Waals surface area contributed by atoms with E-state index in [1.54, 1.807) is 18.2 Å². The van der Waals surface area contributed by atoms with Crippen molar-refractivity contribution in [2.75, 3.05) is 5.32 Å². The Morgan fingerprint density at radius 2 is 1.76 bits per heavy atom. The number of rotatable bonds is 2. The van der Waals surface area contributed by atoms with Crippen LogP contribution in [0.5, 0.6) is 5.75 Å². The highest BCUT2D eigenvalue weighted by Gasteiger charge is 2.21. The van der Waals surface area contributed by atoms with Gasteiger partial charge in [0, 0.05) is 11.3 Å². The molecule has 2 aromatic carbocycles. The van der Waals surface area contributed by atoms with Crippen LogP contribution in [0.15, 0.2) is 42.5 Å². The number of aromatic hydroxyl groups is 1. The Morgan fingerprint density at radius 3 is 2.38 bits per heavy atom. The first-order valence-electron chi connectivity index (χ1n) is 6.99. The average Bonchev–Trinajstić information content (AvgIpc) is 2.41. The first-order valence-corrected chi connectivity index (χ1v) is 6.99. The van der Waals surface area contributed by atoms with Gasteiger partial charge in [-0.05, 0) is 47.7 Å². The molecule has 0 spiro atoms. The second kappa shape index (κ2) is 5.60. The number of anilines is 1. The molecular formula is C18H21NO2. The molecule has 2 aromatic rings. The zero-order valence-corrected chi connectivity index (χ0v) is 12.9. The SMILES string of the molecule is Cc1cc(O)ccc1NC(=O)c1ccccc1C(C)(C)C. The number of hydrogen-bond donors (Lipinski definition) is 2. The van der Waals surface area contributed by atoms with E-state index < -0.39 is 0 Å². The van der Waals surface area contributed by atoms with Gasteiger partial charge in [0.2, 0.25) is 0 Å². The smallest absolute Gasteiger partial charge is 0.255 e. The number of benzene rings is 2. The number of amides is 1. The predicted octanol–water partition coefficient (Wildman–Crippen LogP) is 4.25. The van der Waals surface area contributed by atoms with Gasteiger partial charge < -0.3 is 10.4 Å². The van der Waals surface area contributed by atoms with Gasteiger partial charge in [-0.1, -0.05) is 39.0 Å². The largest absolute Gasteiger partial charge is 0.508 e. The molecule has 0 radical (unpaired) electrons. The predicted molar refractivity (Wildman–Crippen MR) is 85.9 cm³/mol. The second-order valence-corrected chi connectivity index (χ2v) is 6.25. The van der Waals surface area contributed by atoms with E-state index in [1.165, 1.54) is 0 Å². The Morgan fingerprint density at radius 1 is 1.10 bits per heavy atom. The first-order chi connectivity index (χ1) is 9.79. The van der Waals surface area contributed by atoms with Crippen molar-refractivity contribution in [3.8, 4) is 5.75 Å². The van der Waals surface area contributed by atoms with Crippen molar-refractivity contribution in [2.24, 2.45) is 0 Å². The van der Waals surface area contributed by atoms with E-state index in [9.17, 15) is 9.90 Å². The minimum atomic E-state index is -0.130. The summed E-state index contributed by atoms with van der Waals surface area (Å²) < 4.78 is 0. The van der Waals surface area contributed by atoms with Crippen molar-refractivity contribution >= 4 is 11.6 Å². The molecule has 0 bridgehead atoms. The standard InChI is InChI=1S/C18H21NO2/c1-12-11-13(20)9-10-16(12)19-17(21)14-7-5-6-8-15(14)18(2,3)4/h5-11,20H,1-4H3,(H,19,21). The summed E-state index contributed by atoms with van der Waals surface area (Å²) in [7, 11) is 0. The van der Waals surface area contributed by atoms with Gasteiger partial charge in [0.15, 0.2) is 0 Å². The third-order valence-electron chi connectivity index (χ3n) is 3.44. The van der Waals surface area contributed by atoms with Crippen LogP contribution < -0.4 is 5.32 Å². The van der Waals surface area contributed by atoms with E-state index in [0.717, 1.165) is 11.1 Å². The number of carbonyl (C=O) groups is 1. The van der Waals surface area contributed by atoms with Gasteiger partial charge in [-0.3, -0.25) is 4.79 Å². The summed E-state index contributed by atoms with van der Waals surface area (Å²) in [5.41, 5.74) is 3.13. The van der Waals surface area contributed by atoms with Gasteiger partial charge in [0.25, 0.3) is 5.91 Å². The van der Waals surface area contributed by atoms with Crippen molar-refractivity contribution in [2.45, 2.75) is 33.1 Å². The molecule has 0 saturated carbocycles. The summed E-state index contributed by atoms with van der Waals surface area (Å²) in [5.74, 6) is 0.0647. The Balaban J connectivity index is 2.33. The van der Waals surface area contributed by atoms with Crippen LogP contribution >= 0.6 is 0 Å². The summed E-state index contributed by atoms with van der Waals surface area (Å²) in [4.78, 5) is 12.5. The third kappa shape index (κ3) is 3.43. The molecule has 1 amide bonds. The van der Waals surface area contributed by atoms with Crippen LogP contribution in [0.1, 0.15) is 42.3 Å². The van der Waals surface area contributed by atoms with E-state index in [1.807, 2.05) is 31.2 Å². The molecule has 2 rings (SSSR count). The Labute approximate surface area is 125 Å². The maximum Gasteiger partial charge on any atom is 0.255 e. The molecular weight excluding hydrogens is 262 g/mol. The molecule has 0 aliphatic carbocycles. The zero-order chi connectivity index (χ0) is 15.6. The van der Waals surface area contributed by atoms with Crippen LogP contribution in [-0.4, -0.2) is 11.0 Å². The summed E-state index contributed by atoms with van der Waals surface area (Å²) >= 11 is 0. The van der Waals surface area contributed by atoms with Crippen molar-refractivity contribution in [1.29, 1.82) is 0 Å². The number of phenols is 1. The third-order valence-corrected chi connectivity index (χ3v) is 3.44. The fourth-order valence-corrected chi connectivity index (χ4v) is 2.31. The molecule has 0 aromatic heterocycles. The summed E-state index contributed by atoms with van der Waals surface area (Å²) in [5, 5.41) is 12.3. The van der Waals surface area contributed by atoms with Gasteiger partial charge in [-0.15, -0.1) is 0 Å². The van der Waals surface area contributed by atoms with Crippen LogP contribution in [0, 0.1) is 6.92 Å². The molecule has 0 aliphatic rings. The lowest BCUT2D eigenvalue weighted by Crippen LogP contribution is -2.21. The number of carbonyl (C=O) groups excluding carboxylic acids is 1. The number of hydrogen-bond acceptors (Lipinski definition) is 2. The maximum absolute atomic E-state index is 12.5. The van der Waals surface area contributed by atoms with Crippen molar-refractivity contribution in [3.05, 3.63) is 59.2 Å². The molecule has 0 atom stereocenters. The number of nitrogens with one attached hydrogen (secondary N) is 1. The quantitative estimate of drug-likeness (QED) is 0.809. The molecule has 3 nitrogen and oxygen atoms in total. The lowest BCUT2D eigenvalue weighted by Gasteiger charge is -2.22. The highest BCUT2D eigenvalue weighted by atomic mass is 16.3. The lowest BCUT2D eigenvalue weighted by molar-refractivity contribution is 0.102. The minimum Gasteiger partial charge on any atom is -0.508 e. The summed E-state index contributed by atoms with van der Waals surface area (Å²) in [6.45, 7) is 8.12. The Bertz CT molecular complexity index is 669. The van der Waals surface area contributed by atoms with Crippen molar-refractivity contribution in [1.82, 2.24) is 0 Å². The van der Waals surface area contributed by atoms with E-state index in [0.29, 0.717) is 11.3 Å². The topological polar surface area (TPSA) is 49.3 Å². The van der Waals surface area contributed by atoms with E-state index in [2.05, 4.69) is 26.1 Å². The van der Waals surface area contributed by atoms with Crippen LogP contribution in [0.3, 0.4) is 0 Å². The van der Waals surface area contributed by atoms with E-state index in [4.69, 9.17) is 0 Å². The van der Waals surface area contributed by atoms with Gasteiger partial charge in [-0.2, -0.15) is 0 Å². The molecule has 0 unspecified atom stereocenters. The van der Waals surface area contributed by atoms with Crippen LogP contribution in [0.4, 0.5) is 5.69 Å². The fourth-order valence-electron chi connectivity index (χ4n) is 2.31. The molecule has 0 aliphatic heterocycles. The number of phenolic OH excluding ortho intramolecular Hbond substituents is 1. The molecule has 0 fully saturated rings. The van der Waals surface area contributed by atoms with Gasteiger partial charge >= 0.3 is 0 Å². The highest BCUT2D eigenvalue weighted by molar-refractivity contribution is 6.05. The number of aryl methyl sites for hydroxylation is 1. The van der Waals surface area contributed by atoms with Crippen molar-refractivity contribution < 1.29 is 9.90 Å². The van der Waals surface area contributed by atoms with Crippen LogP contribution in [0.25, 0.3) is 0 Å². The summed E-state index contributed by atoms with van der Waals surface area (Å²) in [6.07, 6.45) is 0. The van der Waals surface area contributed by atoms with E-state index >= 15 is 0 Å². The van der Waals surface area contributed by atoms with Crippen LogP contribution in [-0.2, 0) is 5.41 Å². The minimum absolute atomic E-state index is 0.0993. The molecule has 2 N–H and O–H groups in total. The normalized spacial score (nSPS) is 11.2. The fraction of sp³-hybridized carbons (Fsp3) is 0.278. The van der Waals surface area contributed by atoms with Gasteiger partial charge in [0.05, 0.1) is 0 Å². The molecule has 0 heterocycles. The Hall–Kier alpha value is -2.29. The van der Waals surface area contributed by atoms with Gasteiger partial charge in [0.1, 0.15) is 5.75 Å². The molecule has 110 valence electrons. The molecule has 21 heavy (non-hydrogen) atoms. The average molecular weight is 283 g/mol. The monoisotopic (exact) mass is 283 g/mol. The van der Waals surface area contributed by atoms with Crippen LogP contribution in [0.2, 0.25) is 0 Å². The van der Waals surface area contributed by atoms with Crippen molar-refractivity contribution in [3.63, 3.8) is 0 Å². The lowest BCUT2D eigenvalue weighted by atomic mass is 9.83. The summed E-state index contributed by atoms with van der Waals surface area (Å²) in [6, 6.07) is 12.5. The maximum atomic E-state index is 12.5. The molecule has 3 heteroatoms.